The first kappa shape index (κ1) is 11.7. The normalized spacial score (nSPS) is 30.7. The molecule has 1 aliphatic rings. The summed E-state index contributed by atoms with van der Waals surface area (Å²) in [6.45, 7) is 10.1. The average Bonchev–Trinajstić information content (AvgIpc) is 2.01. The first-order chi connectivity index (χ1) is 6.61. The molecular formula is C11H22N2O. The maximum absolute atomic E-state index is 5.67. The van der Waals surface area contributed by atoms with Gasteiger partial charge in [0.15, 0.2) is 0 Å². The molecule has 0 bridgehead atoms. The van der Waals surface area contributed by atoms with Crippen LogP contribution in [0.3, 0.4) is 0 Å². The van der Waals surface area contributed by atoms with Gasteiger partial charge in [-0.3, -0.25) is 4.90 Å². The number of rotatable bonds is 3. The quantitative estimate of drug-likeness (QED) is 0.688. The predicted molar refractivity (Wildman–Crippen MR) is 59.3 cm³/mol. The Morgan fingerprint density at radius 1 is 1.43 bits per heavy atom. The summed E-state index contributed by atoms with van der Waals surface area (Å²) in [6, 6.07) is 0. The number of ether oxygens (including phenoxy) is 1. The van der Waals surface area contributed by atoms with Gasteiger partial charge in [0, 0.05) is 26.2 Å². The van der Waals surface area contributed by atoms with E-state index in [2.05, 4.69) is 31.7 Å². The third-order valence-electron chi connectivity index (χ3n) is 2.43. The Labute approximate surface area is 86.9 Å². The molecule has 0 radical (unpaired) electrons. The highest BCUT2D eigenvalue weighted by Crippen LogP contribution is 2.11. The summed E-state index contributed by atoms with van der Waals surface area (Å²) in [4.78, 5) is 2.43. The zero-order valence-electron chi connectivity index (χ0n) is 9.49. The topological polar surface area (TPSA) is 38.5 Å². The van der Waals surface area contributed by atoms with E-state index in [1.165, 1.54) is 5.57 Å². The molecule has 1 heterocycles. The Kier molecular flexibility index (Phi) is 4.58. The van der Waals surface area contributed by atoms with Gasteiger partial charge in [-0.1, -0.05) is 11.6 Å². The Bertz CT molecular complexity index is 193. The summed E-state index contributed by atoms with van der Waals surface area (Å²) < 4.78 is 5.67. The molecule has 1 aliphatic heterocycles. The van der Waals surface area contributed by atoms with E-state index >= 15 is 0 Å². The minimum Gasteiger partial charge on any atom is -0.373 e. The van der Waals surface area contributed by atoms with E-state index in [9.17, 15) is 0 Å². The number of hydrogen-bond donors (Lipinski definition) is 1. The zero-order chi connectivity index (χ0) is 10.6. The zero-order valence-corrected chi connectivity index (χ0v) is 9.49. The van der Waals surface area contributed by atoms with Crippen molar-refractivity contribution in [1.29, 1.82) is 0 Å². The van der Waals surface area contributed by atoms with Crippen molar-refractivity contribution in [2.75, 3.05) is 26.2 Å². The van der Waals surface area contributed by atoms with Gasteiger partial charge in [0.2, 0.25) is 0 Å². The molecule has 0 aromatic rings. The van der Waals surface area contributed by atoms with Crippen LogP contribution in [-0.2, 0) is 4.74 Å². The van der Waals surface area contributed by atoms with Crippen LogP contribution in [-0.4, -0.2) is 43.3 Å². The molecule has 2 N–H and O–H groups in total. The van der Waals surface area contributed by atoms with Gasteiger partial charge in [-0.25, -0.2) is 0 Å². The van der Waals surface area contributed by atoms with E-state index in [1.54, 1.807) is 0 Å². The third-order valence-corrected chi connectivity index (χ3v) is 2.43. The molecule has 3 nitrogen and oxygen atoms in total. The van der Waals surface area contributed by atoms with Crippen LogP contribution in [0.1, 0.15) is 20.8 Å². The average molecular weight is 198 g/mol. The van der Waals surface area contributed by atoms with E-state index in [1.807, 2.05) is 0 Å². The van der Waals surface area contributed by atoms with E-state index in [4.69, 9.17) is 10.5 Å². The van der Waals surface area contributed by atoms with Gasteiger partial charge in [-0.05, 0) is 20.8 Å². The fourth-order valence-corrected chi connectivity index (χ4v) is 2.03. The summed E-state index contributed by atoms with van der Waals surface area (Å²) in [5, 5.41) is 0. The Hall–Kier alpha value is -0.380. The van der Waals surface area contributed by atoms with Crippen LogP contribution in [0.2, 0.25) is 0 Å². The van der Waals surface area contributed by atoms with E-state index in [0.717, 1.165) is 19.6 Å². The Morgan fingerprint density at radius 3 is 2.50 bits per heavy atom. The fraction of sp³-hybridized carbons (Fsp3) is 0.818. The highest BCUT2D eigenvalue weighted by molar-refractivity contribution is 5.01. The molecule has 2 atom stereocenters. The summed E-state index contributed by atoms with van der Waals surface area (Å²) >= 11 is 0. The van der Waals surface area contributed by atoms with Crippen LogP contribution < -0.4 is 5.73 Å². The lowest BCUT2D eigenvalue weighted by Gasteiger charge is -2.35. The van der Waals surface area contributed by atoms with E-state index in [-0.39, 0.29) is 0 Å². The maximum atomic E-state index is 5.67. The second kappa shape index (κ2) is 5.49. The molecule has 1 rings (SSSR count). The minimum atomic E-state index is 0.351. The number of morpholine rings is 1. The Balaban J connectivity index is 2.40. The third kappa shape index (κ3) is 3.78. The molecular weight excluding hydrogens is 176 g/mol. The molecule has 82 valence electrons. The van der Waals surface area contributed by atoms with Crippen LogP contribution in [0.25, 0.3) is 0 Å². The lowest BCUT2D eigenvalue weighted by molar-refractivity contribution is -0.0652. The fourth-order valence-electron chi connectivity index (χ4n) is 2.03. The summed E-state index contributed by atoms with van der Waals surface area (Å²) in [6.07, 6.45) is 2.79. The lowest BCUT2D eigenvalue weighted by Crippen LogP contribution is -2.45. The van der Waals surface area contributed by atoms with Crippen LogP contribution >= 0.6 is 0 Å². The maximum Gasteiger partial charge on any atom is 0.0678 e. The van der Waals surface area contributed by atoms with Gasteiger partial charge in [-0.2, -0.15) is 0 Å². The van der Waals surface area contributed by atoms with Crippen LogP contribution in [0.5, 0.6) is 0 Å². The SMILES string of the molecule is C/C(=C\CN)CN1C[C@@H](C)O[C@@H](C)C1. The monoisotopic (exact) mass is 198 g/mol. The molecule has 0 amide bonds. The van der Waals surface area contributed by atoms with Crippen molar-refractivity contribution in [3.63, 3.8) is 0 Å². The van der Waals surface area contributed by atoms with Crippen molar-refractivity contribution in [2.45, 2.75) is 33.0 Å². The summed E-state index contributed by atoms with van der Waals surface area (Å²) in [7, 11) is 0. The van der Waals surface area contributed by atoms with Gasteiger partial charge in [0.05, 0.1) is 12.2 Å². The van der Waals surface area contributed by atoms with Gasteiger partial charge >= 0.3 is 0 Å². The number of hydrogen-bond acceptors (Lipinski definition) is 3. The molecule has 0 aliphatic carbocycles. The van der Waals surface area contributed by atoms with Crippen molar-refractivity contribution in [3.05, 3.63) is 11.6 Å². The molecule has 0 unspecified atom stereocenters. The molecule has 1 fully saturated rings. The van der Waals surface area contributed by atoms with Crippen molar-refractivity contribution in [2.24, 2.45) is 5.73 Å². The molecule has 1 saturated heterocycles. The molecule has 0 aromatic heterocycles. The highest BCUT2D eigenvalue weighted by Gasteiger charge is 2.21. The van der Waals surface area contributed by atoms with Gasteiger partial charge in [0.25, 0.3) is 0 Å². The van der Waals surface area contributed by atoms with Crippen LogP contribution in [0.4, 0.5) is 0 Å². The standard InChI is InChI=1S/C11H22N2O/c1-9(4-5-12)6-13-7-10(2)14-11(3)8-13/h4,10-11H,5-8,12H2,1-3H3/b9-4+/t10-,11+. The molecule has 3 heteroatoms. The lowest BCUT2D eigenvalue weighted by atomic mass is 10.2. The second-order valence-electron chi connectivity index (χ2n) is 4.24. The summed E-state index contributed by atoms with van der Waals surface area (Å²) in [5.74, 6) is 0. The first-order valence-corrected chi connectivity index (χ1v) is 5.35. The molecule has 0 spiro atoms. The molecule has 14 heavy (non-hydrogen) atoms. The molecule has 0 saturated carbocycles. The van der Waals surface area contributed by atoms with Crippen molar-refractivity contribution in [1.82, 2.24) is 4.90 Å². The van der Waals surface area contributed by atoms with Gasteiger partial charge in [0.1, 0.15) is 0 Å². The minimum absolute atomic E-state index is 0.351. The van der Waals surface area contributed by atoms with Crippen molar-refractivity contribution in [3.8, 4) is 0 Å². The smallest absolute Gasteiger partial charge is 0.0678 e. The van der Waals surface area contributed by atoms with E-state index in [0.29, 0.717) is 18.8 Å². The number of nitrogens with two attached hydrogens (primary N) is 1. The van der Waals surface area contributed by atoms with E-state index < -0.39 is 0 Å². The van der Waals surface area contributed by atoms with Crippen molar-refractivity contribution >= 4 is 0 Å². The number of nitrogens with zero attached hydrogens (tertiary/aromatic N) is 1. The highest BCUT2D eigenvalue weighted by atomic mass is 16.5. The molecule has 0 aromatic carbocycles. The Morgan fingerprint density at radius 2 is 2.00 bits per heavy atom. The second-order valence-corrected chi connectivity index (χ2v) is 4.24. The van der Waals surface area contributed by atoms with Crippen LogP contribution in [0.15, 0.2) is 11.6 Å². The van der Waals surface area contributed by atoms with Gasteiger partial charge < -0.3 is 10.5 Å². The largest absolute Gasteiger partial charge is 0.373 e. The van der Waals surface area contributed by atoms with Crippen molar-refractivity contribution < 1.29 is 4.74 Å². The van der Waals surface area contributed by atoms with Gasteiger partial charge in [-0.15, -0.1) is 0 Å². The predicted octanol–water partition coefficient (Wildman–Crippen LogP) is 1.00. The summed E-state index contributed by atoms with van der Waals surface area (Å²) in [5.41, 5.74) is 6.82. The van der Waals surface area contributed by atoms with Crippen LogP contribution in [0, 0.1) is 0 Å². The first-order valence-electron chi connectivity index (χ1n) is 5.35.